The molecule has 2 heteroatoms. The van der Waals surface area contributed by atoms with E-state index in [-0.39, 0.29) is 11.9 Å². The van der Waals surface area contributed by atoms with E-state index in [4.69, 9.17) is 4.74 Å². The minimum Gasteiger partial charge on any atom is -0.482 e. The van der Waals surface area contributed by atoms with Crippen LogP contribution in [-0.2, 0) is 17.6 Å². The molecule has 0 spiro atoms. The summed E-state index contributed by atoms with van der Waals surface area (Å²) in [4.78, 5) is 12.0. The van der Waals surface area contributed by atoms with E-state index < -0.39 is 0 Å². The molecule has 0 amide bonds. The smallest absolute Gasteiger partial charge is 0.177 e. The summed E-state index contributed by atoms with van der Waals surface area (Å²) in [6, 6.07) is 17.6. The minimum atomic E-state index is -0.345. The largest absolute Gasteiger partial charge is 0.482 e. The molecule has 0 bridgehead atoms. The Bertz CT molecular complexity index is 560. The quantitative estimate of drug-likeness (QED) is 0.804. The first-order valence-corrected chi connectivity index (χ1v) is 6.14. The molecule has 0 fully saturated rings. The predicted molar refractivity (Wildman–Crippen MR) is 69.7 cm³/mol. The molecule has 1 unspecified atom stereocenters. The van der Waals surface area contributed by atoms with Crippen molar-refractivity contribution in [1.82, 2.24) is 0 Å². The highest BCUT2D eigenvalue weighted by atomic mass is 16.5. The maximum absolute atomic E-state index is 12.0. The lowest BCUT2D eigenvalue weighted by atomic mass is 9.89. The number of Topliss-reactive ketones (excluding diaryl/α,β-unsaturated/α-hetero) is 1. The molecule has 0 heterocycles. The van der Waals surface area contributed by atoms with Crippen molar-refractivity contribution in [2.45, 2.75) is 18.9 Å². The summed E-state index contributed by atoms with van der Waals surface area (Å²) in [6.45, 7) is 0. The first-order valence-electron chi connectivity index (χ1n) is 6.14. The van der Waals surface area contributed by atoms with Gasteiger partial charge in [-0.3, -0.25) is 4.79 Å². The van der Waals surface area contributed by atoms with Gasteiger partial charge in [-0.1, -0.05) is 42.5 Å². The molecule has 90 valence electrons. The molecule has 0 aliphatic heterocycles. The Morgan fingerprint density at radius 3 is 2.33 bits per heavy atom. The molecule has 0 N–H and O–H groups in total. The first-order chi connectivity index (χ1) is 8.83. The highest BCUT2D eigenvalue weighted by Gasteiger charge is 2.27. The van der Waals surface area contributed by atoms with Crippen molar-refractivity contribution in [3.8, 4) is 5.75 Å². The second-order valence-corrected chi connectivity index (χ2v) is 4.54. The van der Waals surface area contributed by atoms with Gasteiger partial charge in [-0.15, -0.1) is 0 Å². The van der Waals surface area contributed by atoms with Gasteiger partial charge in [0.25, 0.3) is 0 Å². The van der Waals surface area contributed by atoms with E-state index in [9.17, 15) is 4.79 Å². The van der Waals surface area contributed by atoms with Crippen molar-refractivity contribution in [3.63, 3.8) is 0 Å². The van der Waals surface area contributed by atoms with E-state index in [1.165, 1.54) is 5.56 Å². The van der Waals surface area contributed by atoms with Crippen LogP contribution in [0.15, 0.2) is 54.6 Å². The van der Waals surface area contributed by atoms with Gasteiger partial charge in [-0.25, -0.2) is 0 Å². The Kier molecular flexibility index (Phi) is 2.85. The lowest BCUT2D eigenvalue weighted by Gasteiger charge is -2.24. The van der Waals surface area contributed by atoms with Crippen LogP contribution in [0.4, 0.5) is 0 Å². The third kappa shape index (κ3) is 2.14. The second kappa shape index (κ2) is 4.65. The lowest BCUT2D eigenvalue weighted by molar-refractivity contribution is -0.125. The average Bonchev–Trinajstić information content (AvgIpc) is 2.41. The minimum absolute atomic E-state index is 0.164. The molecule has 0 saturated carbocycles. The number of rotatable bonds is 2. The molecule has 0 radical (unpaired) electrons. The fourth-order valence-electron chi connectivity index (χ4n) is 2.31. The fourth-order valence-corrected chi connectivity index (χ4v) is 2.31. The topological polar surface area (TPSA) is 26.3 Å². The Labute approximate surface area is 106 Å². The van der Waals surface area contributed by atoms with E-state index in [1.54, 1.807) is 0 Å². The van der Waals surface area contributed by atoms with Crippen LogP contribution < -0.4 is 4.74 Å². The molecule has 2 aromatic rings. The maximum Gasteiger partial charge on any atom is 0.177 e. The van der Waals surface area contributed by atoms with Crippen LogP contribution in [0.1, 0.15) is 11.1 Å². The van der Waals surface area contributed by atoms with Crippen LogP contribution in [0.25, 0.3) is 0 Å². The Balaban J connectivity index is 1.81. The van der Waals surface area contributed by atoms with E-state index in [1.807, 2.05) is 48.5 Å². The molecular weight excluding hydrogens is 224 g/mol. The summed E-state index contributed by atoms with van der Waals surface area (Å²) in [5.74, 6) is 0.924. The monoisotopic (exact) mass is 238 g/mol. The Morgan fingerprint density at radius 2 is 1.56 bits per heavy atom. The van der Waals surface area contributed by atoms with Crippen molar-refractivity contribution >= 4 is 5.78 Å². The van der Waals surface area contributed by atoms with Gasteiger partial charge in [-0.2, -0.15) is 0 Å². The number of carbonyl (C=O) groups is 1. The number of benzene rings is 2. The highest BCUT2D eigenvalue weighted by molar-refractivity contribution is 5.87. The van der Waals surface area contributed by atoms with Gasteiger partial charge in [-0.05, 0) is 23.3 Å². The summed E-state index contributed by atoms with van der Waals surface area (Å²) in [7, 11) is 0. The van der Waals surface area contributed by atoms with Gasteiger partial charge in [0, 0.05) is 12.8 Å². The third-order valence-electron chi connectivity index (χ3n) is 3.27. The molecule has 1 aliphatic rings. The van der Waals surface area contributed by atoms with Gasteiger partial charge in [0.2, 0.25) is 0 Å². The van der Waals surface area contributed by atoms with Gasteiger partial charge >= 0.3 is 0 Å². The van der Waals surface area contributed by atoms with Crippen LogP contribution in [0.2, 0.25) is 0 Å². The standard InChI is InChI=1S/C16H14O2/c17-15-10-12-6-4-5-7-13(12)11-16(15)18-14-8-2-1-3-9-14/h1-9,16H,10-11H2. The molecule has 0 aromatic heterocycles. The number of ether oxygens (including phenoxy) is 1. The number of para-hydroxylation sites is 1. The SMILES string of the molecule is O=C1Cc2ccccc2CC1Oc1ccccc1. The van der Waals surface area contributed by atoms with Crippen LogP contribution in [0.5, 0.6) is 5.75 Å². The van der Waals surface area contributed by atoms with E-state index in [0.717, 1.165) is 11.3 Å². The van der Waals surface area contributed by atoms with Crippen LogP contribution >= 0.6 is 0 Å². The zero-order chi connectivity index (χ0) is 12.4. The summed E-state index contributed by atoms with van der Waals surface area (Å²) in [5, 5.41) is 0. The van der Waals surface area contributed by atoms with Crippen molar-refractivity contribution in [2.75, 3.05) is 0 Å². The van der Waals surface area contributed by atoms with Crippen LogP contribution in [-0.4, -0.2) is 11.9 Å². The molecule has 2 aromatic carbocycles. The maximum atomic E-state index is 12.0. The molecule has 1 aliphatic carbocycles. The van der Waals surface area contributed by atoms with Crippen molar-refractivity contribution in [2.24, 2.45) is 0 Å². The predicted octanol–water partition coefficient (Wildman–Crippen LogP) is 2.80. The lowest BCUT2D eigenvalue weighted by Crippen LogP contribution is -2.35. The summed E-state index contributed by atoms with van der Waals surface area (Å²) >= 11 is 0. The van der Waals surface area contributed by atoms with Gasteiger partial charge < -0.3 is 4.74 Å². The highest BCUT2D eigenvalue weighted by Crippen LogP contribution is 2.22. The number of fused-ring (bicyclic) bond motifs is 1. The van der Waals surface area contributed by atoms with E-state index in [0.29, 0.717) is 12.8 Å². The van der Waals surface area contributed by atoms with Crippen molar-refractivity contribution in [1.29, 1.82) is 0 Å². The fraction of sp³-hybridized carbons (Fsp3) is 0.188. The van der Waals surface area contributed by atoms with E-state index >= 15 is 0 Å². The van der Waals surface area contributed by atoms with Gasteiger partial charge in [0.05, 0.1) is 0 Å². The molecule has 0 saturated heterocycles. The number of carbonyl (C=O) groups excluding carboxylic acids is 1. The van der Waals surface area contributed by atoms with E-state index in [2.05, 4.69) is 6.07 Å². The Hall–Kier alpha value is -2.09. The summed E-state index contributed by atoms with van der Waals surface area (Å²) in [5.41, 5.74) is 2.36. The molecule has 3 rings (SSSR count). The number of hydrogen-bond donors (Lipinski definition) is 0. The summed E-state index contributed by atoms with van der Waals surface area (Å²) in [6.07, 6.45) is 0.805. The molecule has 1 atom stereocenters. The normalized spacial score (nSPS) is 18.2. The van der Waals surface area contributed by atoms with Crippen molar-refractivity contribution in [3.05, 3.63) is 65.7 Å². The van der Waals surface area contributed by atoms with Crippen LogP contribution in [0.3, 0.4) is 0 Å². The van der Waals surface area contributed by atoms with Gasteiger partial charge in [0.15, 0.2) is 11.9 Å². The van der Waals surface area contributed by atoms with Crippen LogP contribution in [0, 0.1) is 0 Å². The number of ketones is 1. The number of hydrogen-bond acceptors (Lipinski definition) is 2. The zero-order valence-corrected chi connectivity index (χ0v) is 10.0. The van der Waals surface area contributed by atoms with Gasteiger partial charge in [0.1, 0.15) is 5.75 Å². The molecule has 18 heavy (non-hydrogen) atoms. The zero-order valence-electron chi connectivity index (χ0n) is 10.0. The second-order valence-electron chi connectivity index (χ2n) is 4.54. The third-order valence-corrected chi connectivity index (χ3v) is 3.27. The van der Waals surface area contributed by atoms with Crippen molar-refractivity contribution < 1.29 is 9.53 Å². The summed E-state index contributed by atoms with van der Waals surface area (Å²) < 4.78 is 5.77. The average molecular weight is 238 g/mol. The molecule has 2 nitrogen and oxygen atoms in total. The first kappa shape index (κ1) is 11.0. The molecular formula is C16H14O2. The Morgan fingerprint density at radius 1 is 0.889 bits per heavy atom.